The van der Waals surface area contributed by atoms with Gasteiger partial charge in [-0.05, 0) is 54.8 Å². The van der Waals surface area contributed by atoms with Gasteiger partial charge in [0, 0.05) is 17.2 Å². The van der Waals surface area contributed by atoms with Gasteiger partial charge in [-0.3, -0.25) is 0 Å². The third-order valence-corrected chi connectivity index (χ3v) is 5.43. The maximum absolute atomic E-state index is 15.0. The lowest BCUT2D eigenvalue weighted by molar-refractivity contribution is 0.287. The standard InChI is InChI=1S/C29H25F3O3/c1-3-33-22-11-9-21(10-12-22)25-15-14-24(28(31)29(25)32)20-7-5-19(6-8-20)18-35-27-16-13-23(34-4-2)17-26(27)30/h5-17H,3-4,18H2,1-2H3. The summed E-state index contributed by atoms with van der Waals surface area (Å²) in [7, 11) is 0. The van der Waals surface area contributed by atoms with E-state index in [4.69, 9.17) is 14.2 Å². The third-order valence-electron chi connectivity index (χ3n) is 5.43. The molecule has 0 spiro atoms. The zero-order valence-corrected chi connectivity index (χ0v) is 19.5. The van der Waals surface area contributed by atoms with Crippen molar-refractivity contribution in [1.82, 2.24) is 0 Å². The smallest absolute Gasteiger partial charge is 0.168 e. The van der Waals surface area contributed by atoms with E-state index < -0.39 is 17.5 Å². The average molecular weight is 479 g/mol. The van der Waals surface area contributed by atoms with Gasteiger partial charge in [-0.2, -0.15) is 0 Å². The minimum Gasteiger partial charge on any atom is -0.494 e. The second kappa shape index (κ2) is 11.0. The molecule has 0 bridgehead atoms. The molecule has 0 aliphatic rings. The molecule has 4 aromatic carbocycles. The molecule has 0 aromatic heterocycles. The highest BCUT2D eigenvalue weighted by molar-refractivity contribution is 5.72. The second-order valence-electron chi connectivity index (χ2n) is 7.76. The lowest BCUT2D eigenvalue weighted by Gasteiger charge is -2.11. The molecule has 4 rings (SSSR count). The average Bonchev–Trinajstić information content (AvgIpc) is 2.87. The van der Waals surface area contributed by atoms with Crippen molar-refractivity contribution in [3.8, 4) is 39.5 Å². The molecule has 0 N–H and O–H groups in total. The van der Waals surface area contributed by atoms with E-state index in [0.29, 0.717) is 35.8 Å². The molecule has 0 radical (unpaired) electrons. The van der Waals surface area contributed by atoms with Crippen LogP contribution in [0.5, 0.6) is 17.2 Å². The van der Waals surface area contributed by atoms with Crippen LogP contribution in [-0.4, -0.2) is 13.2 Å². The highest BCUT2D eigenvalue weighted by atomic mass is 19.2. The van der Waals surface area contributed by atoms with Crippen LogP contribution < -0.4 is 14.2 Å². The molecule has 4 aromatic rings. The zero-order valence-electron chi connectivity index (χ0n) is 19.5. The maximum Gasteiger partial charge on any atom is 0.168 e. The van der Waals surface area contributed by atoms with Gasteiger partial charge in [-0.1, -0.05) is 48.5 Å². The first-order valence-electron chi connectivity index (χ1n) is 11.4. The van der Waals surface area contributed by atoms with Crippen molar-refractivity contribution in [1.29, 1.82) is 0 Å². The maximum atomic E-state index is 15.0. The molecule has 0 aliphatic heterocycles. The van der Waals surface area contributed by atoms with Crippen LogP contribution in [0, 0.1) is 17.5 Å². The van der Waals surface area contributed by atoms with Crippen molar-refractivity contribution in [2.45, 2.75) is 20.5 Å². The summed E-state index contributed by atoms with van der Waals surface area (Å²) >= 11 is 0. The summed E-state index contributed by atoms with van der Waals surface area (Å²) in [6.07, 6.45) is 0. The second-order valence-corrected chi connectivity index (χ2v) is 7.76. The van der Waals surface area contributed by atoms with Crippen LogP contribution in [0.15, 0.2) is 78.9 Å². The van der Waals surface area contributed by atoms with Crippen LogP contribution in [0.4, 0.5) is 13.2 Å². The summed E-state index contributed by atoms with van der Waals surface area (Å²) in [6, 6.07) is 21.2. The molecule has 35 heavy (non-hydrogen) atoms. The first-order valence-corrected chi connectivity index (χ1v) is 11.4. The lowest BCUT2D eigenvalue weighted by atomic mass is 9.98. The first kappa shape index (κ1) is 24.2. The fraction of sp³-hybridized carbons (Fsp3) is 0.172. The quantitative estimate of drug-likeness (QED) is 0.246. The zero-order chi connectivity index (χ0) is 24.8. The normalized spacial score (nSPS) is 10.8. The minimum absolute atomic E-state index is 0.107. The summed E-state index contributed by atoms with van der Waals surface area (Å²) in [5.74, 6) is -1.14. The molecule has 0 fully saturated rings. The highest BCUT2D eigenvalue weighted by Crippen LogP contribution is 2.32. The van der Waals surface area contributed by atoms with Crippen LogP contribution in [0.25, 0.3) is 22.3 Å². The number of halogens is 3. The predicted octanol–water partition coefficient (Wildman–Crippen LogP) is 7.81. The van der Waals surface area contributed by atoms with E-state index in [-0.39, 0.29) is 23.5 Å². The van der Waals surface area contributed by atoms with Crippen LogP contribution in [0.3, 0.4) is 0 Å². The monoisotopic (exact) mass is 478 g/mol. The first-order chi connectivity index (χ1) is 17.0. The number of rotatable bonds is 9. The summed E-state index contributed by atoms with van der Waals surface area (Å²) in [5, 5.41) is 0. The number of ether oxygens (including phenoxy) is 3. The molecule has 0 heterocycles. The molecule has 0 atom stereocenters. The summed E-state index contributed by atoms with van der Waals surface area (Å²) < 4.78 is 60.3. The molecular weight excluding hydrogens is 453 g/mol. The Morgan fingerprint density at radius 2 is 1.09 bits per heavy atom. The molecule has 180 valence electrons. The van der Waals surface area contributed by atoms with Crippen LogP contribution in [0.1, 0.15) is 19.4 Å². The third kappa shape index (κ3) is 5.60. The molecule has 0 amide bonds. The Hall–Kier alpha value is -3.93. The number of hydrogen-bond acceptors (Lipinski definition) is 3. The number of benzene rings is 4. The predicted molar refractivity (Wildman–Crippen MR) is 130 cm³/mol. The van der Waals surface area contributed by atoms with Crippen molar-refractivity contribution >= 4 is 0 Å². The fourth-order valence-corrected chi connectivity index (χ4v) is 3.69. The largest absolute Gasteiger partial charge is 0.494 e. The van der Waals surface area contributed by atoms with Gasteiger partial charge in [0.2, 0.25) is 0 Å². The summed E-state index contributed by atoms with van der Waals surface area (Å²) in [4.78, 5) is 0. The van der Waals surface area contributed by atoms with E-state index in [1.807, 2.05) is 13.8 Å². The Bertz CT molecular complexity index is 1290. The van der Waals surface area contributed by atoms with Gasteiger partial charge in [0.05, 0.1) is 13.2 Å². The van der Waals surface area contributed by atoms with E-state index >= 15 is 0 Å². The van der Waals surface area contributed by atoms with Gasteiger partial charge in [-0.25, -0.2) is 13.2 Å². The van der Waals surface area contributed by atoms with Crippen molar-refractivity contribution in [3.63, 3.8) is 0 Å². The highest BCUT2D eigenvalue weighted by Gasteiger charge is 2.16. The fourth-order valence-electron chi connectivity index (χ4n) is 3.69. The van der Waals surface area contributed by atoms with E-state index in [9.17, 15) is 13.2 Å². The molecule has 6 heteroatoms. The van der Waals surface area contributed by atoms with Crippen LogP contribution in [-0.2, 0) is 6.61 Å². The molecule has 3 nitrogen and oxygen atoms in total. The van der Waals surface area contributed by atoms with E-state index in [0.717, 1.165) is 5.56 Å². The van der Waals surface area contributed by atoms with Crippen LogP contribution in [0.2, 0.25) is 0 Å². The minimum atomic E-state index is -0.920. The molecule has 0 aliphatic carbocycles. The van der Waals surface area contributed by atoms with E-state index in [1.54, 1.807) is 66.7 Å². The van der Waals surface area contributed by atoms with Gasteiger partial charge in [-0.15, -0.1) is 0 Å². The van der Waals surface area contributed by atoms with E-state index in [2.05, 4.69) is 0 Å². The van der Waals surface area contributed by atoms with Gasteiger partial charge in [0.25, 0.3) is 0 Å². The molecule has 0 unspecified atom stereocenters. The van der Waals surface area contributed by atoms with Crippen molar-refractivity contribution in [2.24, 2.45) is 0 Å². The number of hydrogen-bond donors (Lipinski definition) is 0. The molecule has 0 saturated carbocycles. The van der Waals surface area contributed by atoms with Gasteiger partial charge >= 0.3 is 0 Å². The molecular formula is C29H25F3O3. The van der Waals surface area contributed by atoms with Crippen molar-refractivity contribution < 1.29 is 27.4 Å². The van der Waals surface area contributed by atoms with Gasteiger partial charge < -0.3 is 14.2 Å². The SMILES string of the molecule is CCOc1ccc(-c2ccc(-c3ccc(COc4ccc(OCC)cc4F)cc3)c(F)c2F)cc1. The van der Waals surface area contributed by atoms with Gasteiger partial charge in [0.15, 0.2) is 23.2 Å². The Labute approximate surface area is 202 Å². The Balaban J connectivity index is 1.47. The summed E-state index contributed by atoms with van der Waals surface area (Å²) in [5.41, 5.74) is 2.17. The topological polar surface area (TPSA) is 27.7 Å². The lowest BCUT2D eigenvalue weighted by Crippen LogP contribution is -1.99. The van der Waals surface area contributed by atoms with Crippen LogP contribution >= 0.6 is 0 Å². The Morgan fingerprint density at radius 1 is 0.571 bits per heavy atom. The summed E-state index contributed by atoms with van der Waals surface area (Å²) in [6.45, 7) is 4.80. The Morgan fingerprint density at radius 3 is 1.63 bits per heavy atom. The Kier molecular flexibility index (Phi) is 7.60. The van der Waals surface area contributed by atoms with Crippen molar-refractivity contribution in [2.75, 3.05) is 13.2 Å². The van der Waals surface area contributed by atoms with Crippen molar-refractivity contribution in [3.05, 3.63) is 102 Å². The molecule has 0 saturated heterocycles. The van der Waals surface area contributed by atoms with Gasteiger partial charge in [0.1, 0.15) is 18.1 Å². The van der Waals surface area contributed by atoms with E-state index in [1.165, 1.54) is 12.1 Å².